The van der Waals surface area contributed by atoms with Crippen LogP contribution in [0.2, 0.25) is 0 Å². The van der Waals surface area contributed by atoms with E-state index in [-0.39, 0.29) is 16.2 Å². The molecule has 0 atom stereocenters. The Balaban J connectivity index is 1.97. The van der Waals surface area contributed by atoms with Crippen molar-refractivity contribution < 1.29 is 9.84 Å². The van der Waals surface area contributed by atoms with Crippen molar-refractivity contribution >= 4 is 18.4 Å². The largest absolute Gasteiger partial charge is 0.494 e. The van der Waals surface area contributed by atoms with Crippen LogP contribution in [0.4, 0.5) is 0 Å². The summed E-state index contributed by atoms with van der Waals surface area (Å²) < 4.78 is 8.45. The minimum atomic E-state index is -0.425. The number of hydrogen-bond acceptors (Lipinski definition) is 6. The first-order valence-corrected chi connectivity index (χ1v) is 10.1. The predicted molar refractivity (Wildman–Crippen MR) is 119 cm³/mol. The molecule has 1 fully saturated rings. The van der Waals surface area contributed by atoms with Crippen molar-refractivity contribution in [2.24, 2.45) is 5.10 Å². The highest BCUT2D eigenvalue weighted by atomic mass is 32.1. The number of aryl methyl sites for hydroxylation is 1. The quantitative estimate of drug-likeness (QED) is 0.517. The highest BCUT2D eigenvalue weighted by Crippen LogP contribution is 2.23. The van der Waals surface area contributed by atoms with Crippen LogP contribution in [0.3, 0.4) is 0 Å². The summed E-state index contributed by atoms with van der Waals surface area (Å²) in [6.07, 6.45) is 1.41. The first-order valence-electron chi connectivity index (χ1n) is 9.67. The molecule has 8 heteroatoms. The lowest BCUT2D eigenvalue weighted by Crippen LogP contribution is -2.33. The van der Waals surface area contributed by atoms with Crippen LogP contribution in [-0.4, -0.2) is 51.8 Å². The van der Waals surface area contributed by atoms with E-state index in [1.54, 1.807) is 12.1 Å². The molecule has 0 bridgehead atoms. The number of hydrazone groups is 1. The van der Waals surface area contributed by atoms with Gasteiger partial charge in [-0.3, -0.25) is 18.9 Å². The molecule has 4 rings (SSSR count). The first-order chi connectivity index (χ1) is 14.6. The molecule has 0 unspecified atom stereocenters. The van der Waals surface area contributed by atoms with Crippen LogP contribution in [0, 0.1) is 11.7 Å². The van der Waals surface area contributed by atoms with Crippen molar-refractivity contribution in [1.29, 1.82) is 0 Å². The number of ether oxygens (including phenoxy) is 1. The van der Waals surface area contributed by atoms with Gasteiger partial charge in [0.15, 0.2) is 4.77 Å². The summed E-state index contributed by atoms with van der Waals surface area (Å²) in [5, 5.41) is 17.3. The highest BCUT2D eigenvalue weighted by molar-refractivity contribution is 7.71. The van der Waals surface area contributed by atoms with Crippen molar-refractivity contribution in [2.45, 2.75) is 6.92 Å². The Morgan fingerprint density at radius 3 is 2.40 bits per heavy atom. The molecule has 2 heterocycles. The number of nitrogens with zero attached hydrogens (tertiary/aromatic N) is 4. The molecule has 0 saturated carbocycles. The molecule has 0 spiro atoms. The zero-order valence-corrected chi connectivity index (χ0v) is 17.4. The topological polar surface area (TPSA) is 72.0 Å². The van der Waals surface area contributed by atoms with E-state index >= 15 is 0 Å². The molecule has 3 aromatic rings. The third-order valence-corrected chi connectivity index (χ3v) is 5.34. The molecular weight excluding hydrogens is 400 g/mol. The Hall–Kier alpha value is -3.23. The minimum Gasteiger partial charge on any atom is -0.494 e. The van der Waals surface area contributed by atoms with Crippen molar-refractivity contribution in [3.05, 3.63) is 80.8 Å². The second-order valence-corrected chi connectivity index (χ2v) is 7.29. The lowest BCUT2D eigenvalue weighted by Gasteiger charge is -2.23. The molecular formula is C22H22N4O3S. The SMILES string of the molecule is Cc1ccccc1-n1c(O)c(C=NN2CCOCC2)c(=O)n(-c2ccccc2)c1=S. The second-order valence-electron chi connectivity index (χ2n) is 6.93. The van der Waals surface area contributed by atoms with Crippen LogP contribution in [-0.2, 0) is 4.74 Å². The number of aromatic hydroxyl groups is 1. The highest BCUT2D eigenvalue weighted by Gasteiger charge is 2.19. The van der Waals surface area contributed by atoms with Gasteiger partial charge in [-0.15, -0.1) is 0 Å². The molecule has 2 aromatic carbocycles. The summed E-state index contributed by atoms with van der Waals surface area (Å²) in [5.41, 5.74) is 1.88. The van der Waals surface area contributed by atoms with Gasteiger partial charge in [0.2, 0.25) is 5.88 Å². The Kier molecular flexibility index (Phi) is 5.78. The molecule has 7 nitrogen and oxygen atoms in total. The standard InChI is InChI=1S/C22H22N4O3S/c1-16-7-5-6-10-19(16)26-21(28)18(15-23-24-11-13-29-14-12-24)20(27)25(22(26)30)17-8-3-2-4-9-17/h2-10,15,28H,11-14H2,1H3. The zero-order valence-electron chi connectivity index (χ0n) is 16.6. The number of benzene rings is 2. The third-order valence-electron chi connectivity index (χ3n) is 4.98. The average Bonchev–Trinajstić information content (AvgIpc) is 2.76. The molecule has 1 aliphatic heterocycles. The summed E-state index contributed by atoms with van der Waals surface area (Å²) in [4.78, 5) is 13.3. The Morgan fingerprint density at radius 1 is 1.03 bits per heavy atom. The van der Waals surface area contributed by atoms with Crippen LogP contribution >= 0.6 is 12.2 Å². The maximum absolute atomic E-state index is 13.3. The molecule has 1 N–H and O–H groups in total. The molecule has 1 aromatic heterocycles. The van der Waals surface area contributed by atoms with Gasteiger partial charge in [0.05, 0.1) is 43.9 Å². The van der Waals surface area contributed by atoms with Gasteiger partial charge in [0.25, 0.3) is 5.56 Å². The molecule has 1 saturated heterocycles. The van der Waals surface area contributed by atoms with Gasteiger partial charge in [-0.2, -0.15) is 5.10 Å². The number of aromatic nitrogens is 2. The van der Waals surface area contributed by atoms with Crippen molar-refractivity contribution in [3.8, 4) is 17.3 Å². The summed E-state index contributed by atoms with van der Waals surface area (Å²) in [5.74, 6) is -0.233. The maximum Gasteiger partial charge on any atom is 0.271 e. The van der Waals surface area contributed by atoms with Crippen LogP contribution in [0.15, 0.2) is 64.5 Å². The molecule has 0 aliphatic carbocycles. The smallest absolute Gasteiger partial charge is 0.271 e. The maximum atomic E-state index is 13.3. The van der Waals surface area contributed by atoms with E-state index in [1.165, 1.54) is 15.3 Å². The molecule has 1 aliphatic rings. The summed E-state index contributed by atoms with van der Waals surface area (Å²) in [6.45, 7) is 4.33. The summed E-state index contributed by atoms with van der Waals surface area (Å²) in [7, 11) is 0. The van der Waals surface area contributed by atoms with E-state index in [4.69, 9.17) is 17.0 Å². The van der Waals surface area contributed by atoms with E-state index < -0.39 is 5.56 Å². The van der Waals surface area contributed by atoms with Crippen LogP contribution in [0.1, 0.15) is 11.1 Å². The zero-order chi connectivity index (χ0) is 21.1. The average molecular weight is 423 g/mol. The van der Waals surface area contributed by atoms with Crippen molar-refractivity contribution in [3.63, 3.8) is 0 Å². The monoisotopic (exact) mass is 422 g/mol. The van der Waals surface area contributed by atoms with Crippen molar-refractivity contribution in [1.82, 2.24) is 14.1 Å². The van der Waals surface area contributed by atoms with E-state index in [0.717, 1.165) is 5.56 Å². The summed E-state index contributed by atoms with van der Waals surface area (Å²) in [6, 6.07) is 16.7. The van der Waals surface area contributed by atoms with Crippen LogP contribution in [0.25, 0.3) is 11.4 Å². The summed E-state index contributed by atoms with van der Waals surface area (Å²) >= 11 is 5.65. The fourth-order valence-electron chi connectivity index (χ4n) is 3.37. The molecule has 30 heavy (non-hydrogen) atoms. The molecule has 0 radical (unpaired) electrons. The fraction of sp³-hybridized carbons (Fsp3) is 0.227. The normalized spacial score (nSPS) is 14.4. The van der Waals surface area contributed by atoms with Gasteiger partial charge in [0.1, 0.15) is 5.56 Å². The number of hydrogen-bond donors (Lipinski definition) is 1. The number of rotatable bonds is 4. The lowest BCUT2D eigenvalue weighted by atomic mass is 10.2. The van der Waals surface area contributed by atoms with Gasteiger partial charge in [-0.05, 0) is 42.9 Å². The Bertz CT molecular complexity index is 1200. The van der Waals surface area contributed by atoms with Gasteiger partial charge in [-0.25, -0.2) is 0 Å². The van der Waals surface area contributed by atoms with Gasteiger partial charge in [0, 0.05) is 0 Å². The number of para-hydroxylation sites is 2. The van der Waals surface area contributed by atoms with Crippen LogP contribution < -0.4 is 5.56 Å². The van der Waals surface area contributed by atoms with E-state index in [1.807, 2.05) is 54.4 Å². The fourth-order valence-corrected chi connectivity index (χ4v) is 3.74. The second kappa shape index (κ2) is 8.64. The third kappa shape index (κ3) is 3.79. The van der Waals surface area contributed by atoms with E-state index in [9.17, 15) is 9.90 Å². The van der Waals surface area contributed by atoms with Crippen LogP contribution in [0.5, 0.6) is 5.88 Å². The molecule has 154 valence electrons. The van der Waals surface area contributed by atoms with E-state index in [0.29, 0.717) is 37.7 Å². The minimum absolute atomic E-state index is 0.0715. The number of morpholine rings is 1. The molecule has 0 amide bonds. The van der Waals surface area contributed by atoms with Gasteiger partial charge >= 0.3 is 0 Å². The Labute approximate surface area is 179 Å². The van der Waals surface area contributed by atoms with Crippen molar-refractivity contribution in [2.75, 3.05) is 26.3 Å². The Morgan fingerprint density at radius 2 is 1.70 bits per heavy atom. The lowest BCUT2D eigenvalue weighted by molar-refractivity contribution is 0.0396. The first kappa shape index (κ1) is 20.1. The van der Waals surface area contributed by atoms with Gasteiger partial charge in [-0.1, -0.05) is 36.4 Å². The van der Waals surface area contributed by atoms with Gasteiger partial charge < -0.3 is 9.84 Å². The predicted octanol–water partition coefficient (Wildman–Crippen LogP) is 3.04. The van der Waals surface area contributed by atoms with E-state index in [2.05, 4.69) is 5.10 Å².